The highest BCUT2D eigenvalue weighted by Crippen LogP contribution is 2.15. The monoisotopic (exact) mass is 375 g/mol. The Hall–Kier alpha value is -2.12. The van der Waals surface area contributed by atoms with E-state index >= 15 is 0 Å². The van der Waals surface area contributed by atoms with Crippen LogP contribution in [0.5, 0.6) is 5.75 Å². The molecule has 26 heavy (non-hydrogen) atoms. The van der Waals surface area contributed by atoms with Crippen molar-refractivity contribution in [2.75, 3.05) is 26.8 Å². The molecule has 2 amide bonds. The number of urea groups is 1. The zero-order valence-electron chi connectivity index (χ0n) is 15.0. The normalized spacial score (nSPS) is 16.4. The number of hydrogen-bond donors (Lipinski definition) is 1. The molecule has 1 aliphatic rings. The fraction of sp³-hybridized carbons (Fsp3) is 0.474. The van der Waals surface area contributed by atoms with Crippen LogP contribution in [-0.2, 0) is 17.7 Å². The lowest BCUT2D eigenvalue weighted by molar-refractivity contribution is 0.0815. The van der Waals surface area contributed by atoms with Crippen molar-refractivity contribution in [2.24, 2.45) is 0 Å². The summed E-state index contributed by atoms with van der Waals surface area (Å²) in [5, 5.41) is 4.92. The average Bonchev–Trinajstić information content (AvgIpc) is 3.37. The molecule has 1 saturated heterocycles. The summed E-state index contributed by atoms with van der Waals surface area (Å²) in [6.45, 7) is 2.51. The molecule has 6 nitrogen and oxygen atoms in total. The zero-order chi connectivity index (χ0) is 18.2. The van der Waals surface area contributed by atoms with Crippen LogP contribution in [0.25, 0.3) is 0 Å². The van der Waals surface area contributed by atoms with Crippen LogP contribution >= 0.6 is 11.3 Å². The number of methoxy groups -OCH3 is 1. The van der Waals surface area contributed by atoms with E-state index in [0.29, 0.717) is 19.6 Å². The molecule has 2 heterocycles. The van der Waals surface area contributed by atoms with Crippen LogP contribution in [0.3, 0.4) is 0 Å². The van der Waals surface area contributed by atoms with Crippen LogP contribution < -0.4 is 10.1 Å². The van der Waals surface area contributed by atoms with Crippen molar-refractivity contribution < 1.29 is 14.3 Å². The SMILES string of the molecule is COc1ccc(CCN(CC2CCCO2)C(=O)NCc2cscn2)cc1. The van der Waals surface area contributed by atoms with Gasteiger partial charge >= 0.3 is 6.03 Å². The lowest BCUT2D eigenvalue weighted by Gasteiger charge is -2.25. The Balaban J connectivity index is 1.56. The minimum atomic E-state index is -0.0676. The molecule has 0 bridgehead atoms. The van der Waals surface area contributed by atoms with Crippen LogP contribution in [0.4, 0.5) is 4.79 Å². The first-order valence-corrected chi connectivity index (χ1v) is 9.83. The Labute approximate surface area is 158 Å². The summed E-state index contributed by atoms with van der Waals surface area (Å²) >= 11 is 1.53. The van der Waals surface area contributed by atoms with Gasteiger partial charge in [-0.05, 0) is 37.0 Å². The van der Waals surface area contributed by atoms with E-state index in [4.69, 9.17) is 9.47 Å². The van der Waals surface area contributed by atoms with Gasteiger partial charge in [0.25, 0.3) is 0 Å². The Kier molecular flexibility index (Phi) is 6.85. The maximum atomic E-state index is 12.7. The molecule has 7 heteroatoms. The molecule has 3 rings (SSSR count). The highest BCUT2D eigenvalue weighted by molar-refractivity contribution is 7.07. The Bertz CT molecular complexity index is 670. The van der Waals surface area contributed by atoms with Crippen LogP contribution in [0, 0.1) is 0 Å². The van der Waals surface area contributed by atoms with Crippen LogP contribution in [-0.4, -0.2) is 48.8 Å². The van der Waals surface area contributed by atoms with E-state index in [1.165, 1.54) is 16.9 Å². The largest absolute Gasteiger partial charge is 0.497 e. The number of ether oxygens (including phenoxy) is 2. The molecule has 1 aromatic heterocycles. The standard InChI is InChI=1S/C19H25N3O3S/c1-24-17-6-4-15(5-7-17)8-9-22(12-18-3-2-10-25-18)19(23)20-11-16-13-26-14-21-16/h4-7,13-14,18H,2-3,8-12H2,1H3,(H,20,23). The second-order valence-corrected chi connectivity index (χ2v) is 7.04. The van der Waals surface area contributed by atoms with E-state index in [0.717, 1.165) is 37.3 Å². The first kappa shape index (κ1) is 18.7. The van der Waals surface area contributed by atoms with Gasteiger partial charge in [-0.25, -0.2) is 9.78 Å². The van der Waals surface area contributed by atoms with Crippen molar-refractivity contribution >= 4 is 17.4 Å². The predicted molar refractivity (Wildman–Crippen MR) is 102 cm³/mol. The number of rotatable bonds is 8. The number of aromatic nitrogens is 1. The van der Waals surface area contributed by atoms with E-state index < -0.39 is 0 Å². The van der Waals surface area contributed by atoms with Gasteiger partial charge in [0, 0.05) is 25.1 Å². The van der Waals surface area contributed by atoms with Crippen molar-refractivity contribution in [1.29, 1.82) is 0 Å². The summed E-state index contributed by atoms with van der Waals surface area (Å²) in [7, 11) is 1.66. The number of benzene rings is 1. The molecule has 1 fully saturated rings. The molecule has 0 spiro atoms. The lowest BCUT2D eigenvalue weighted by atomic mass is 10.1. The Morgan fingerprint density at radius 3 is 2.92 bits per heavy atom. The molecule has 1 aliphatic heterocycles. The van der Waals surface area contributed by atoms with Gasteiger partial charge in [0.2, 0.25) is 0 Å². The highest BCUT2D eigenvalue weighted by atomic mass is 32.1. The third-order valence-corrected chi connectivity index (χ3v) is 5.10. The minimum Gasteiger partial charge on any atom is -0.497 e. The fourth-order valence-corrected chi connectivity index (χ4v) is 3.53. The van der Waals surface area contributed by atoms with Gasteiger partial charge in [0.05, 0.1) is 31.0 Å². The maximum Gasteiger partial charge on any atom is 0.317 e. The van der Waals surface area contributed by atoms with Gasteiger partial charge in [-0.3, -0.25) is 0 Å². The molecule has 1 N–H and O–H groups in total. The van der Waals surface area contributed by atoms with E-state index in [2.05, 4.69) is 10.3 Å². The van der Waals surface area contributed by atoms with Gasteiger partial charge in [-0.2, -0.15) is 0 Å². The average molecular weight is 375 g/mol. The van der Waals surface area contributed by atoms with Crippen LogP contribution in [0.1, 0.15) is 24.1 Å². The van der Waals surface area contributed by atoms with Gasteiger partial charge < -0.3 is 19.7 Å². The Morgan fingerprint density at radius 2 is 2.27 bits per heavy atom. The van der Waals surface area contributed by atoms with Gasteiger partial charge in [-0.1, -0.05) is 12.1 Å². The van der Waals surface area contributed by atoms with E-state index in [1.807, 2.05) is 34.5 Å². The summed E-state index contributed by atoms with van der Waals surface area (Å²) < 4.78 is 10.9. The topological polar surface area (TPSA) is 63.7 Å². The molecule has 140 valence electrons. The fourth-order valence-electron chi connectivity index (χ4n) is 2.97. The number of amides is 2. The van der Waals surface area contributed by atoms with Crippen molar-refractivity contribution in [1.82, 2.24) is 15.2 Å². The van der Waals surface area contributed by atoms with Crippen molar-refractivity contribution in [3.8, 4) is 5.75 Å². The molecule has 2 aromatic rings. The zero-order valence-corrected chi connectivity index (χ0v) is 15.8. The molecule has 0 saturated carbocycles. The maximum absolute atomic E-state index is 12.7. The second kappa shape index (κ2) is 9.54. The molecule has 1 atom stereocenters. The van der Waals surface area contributed by atoms with Crippen molar-refractivity contribution in [2.45, 2.75) is 31.9 Å². The van der Waals surface area contributed by atoms with Gasteiger partial charge in [0.1, 0.15) is 5.75 Å². The van der Waals surface area contributed by atoms with Gasteiger partial charge in [0.15, 0.2) is 0 Å². The number of carbonyl (C=O) groups excluding carboxylic acids is 1. The summed E-state index contributed by atoms with van der Waals surface area (Å²) in [4.78, 5) is 18.7. The number of thiazole rings is 1. The van der Waals surface area contributed by atoms with E-state index in [9.17, 15) is 4.79 Å². The van der Waals surface area contributed by atoms with E-state index in [1.54, 1.807) is 12.6 Å². The van der Waals surface area contributed by atoms with Gasteiger partial charge in [-0.15, -0.1) is 11.3 Å². The van der Waals surface area contributed by atoms with Crippen molar-refractivity contribution in [3.05, 3.63) is 46.4 Å². The first-order valence-electron chi connectivity index (χ1n) is 8.89. The first-order chi connectivity index (χ1) is 12.7. The summed E-state index contributed by atoms with van der Waals surface area (Å²) in [6, 6.07) is 7.90. The molecular formula is C19H25N3O3S. The number of hydrogen-bond acceptors (Lipinski definition) is 5. The van der Waals surface area contributed by atoms with Crippen LogP contribution in [0.15, 0.2) is 35.2 Å². The summed E-state index contributed by atoms with van der Waals surface area (Å²) in [6.07, 6.45) is 3.01. The Morgan fingerprint density at radius 1 is 1.42 bits per heavy atom. The minimum absolute atomic E-state index is 0.0676. The molecule has 0 radical (unpaired) electrons. The highest BCUT2D eigenvalue weighted by Gasteiger charge is 2.22. The van der Waals surface area contributed by atoms with Crippen molar-refractivity contribution in [3.63, 3.8) is 0 Å². The number of carbonyl (C=O) groups is 1. The van der Waals surface area contributed by atoms with Crippen LogP contribution in [0.2, 0.25) is 0 Å². The molecular weight excluding hydrogens is 350 g/mol. The predicted octanol–water partition coefficient (Wildman–Crippen LogP) is 3.09. The molecule has 0 aliphatic carbocycles. The molecule has 1 unspecified atom stereocenters. The summed E-state index contributed by atoms with van der Waals surface area (Å²) in [5.41, 5.74) is 3.83. The second-order valence-electron chi connectivity index (χ2n) is 6.32. The molecule has 1 aromatic carbocycles. The summed E-state index contributed by atoms with van der Waals surface area (Å²) in [5.74, 6) is 0.839. The smallest absolute Gasteiger partial charge is 0.317 e. The number of nitrogens with zero attached hydrogens (tertiary/aromatic N) is 2. The van der Waals surface area contributed by atoms with E-state index in [-0.39, 0.29) is 12.1 Å². The third-order valence-electron chi connectivity index (χ3n) is 4.47. The third kappa shape index (κ3) is 5.44. The number of nitrogens with one attached hydrogen (secondary N) is 1. The quantitative estimate of drug-likeness (QED) is 0.770. The lowest BCUT2D eigenvalue weighted by Crippen LogP contribution is -2.44.